The first-order valence-corrected chi connectivity index (χ1v) is 8.68. The fourth-order valence-corrected chi connectivity index (χ4v) is 3.34. The summed E-state index contributed by atoms with van der Waals surface area (Å²) >= 11 is 0. The quantitative estimate of drug-likeness (QED) is 0.758. The predicted octanol–water partition coefficient (Wildman–Crippen LogP) is 1.49. The lowest BCUT2D eigenvalue weighted by Gasteiger charge is -2.26. The monoisotopic (exact) mass is 350 g/mol. The summed E-state index contributed by atoms with van der Waals surface area (Å²) in [6.45, 7) is 1.47. The van der Waals surface area contributed by atoms with Crippen molar-refractivity contribution in [3.05, 3.63) is 28.2 Å². The van der Waals surface area contributed by atoms with Crippen molar-refractivity contribution in [2.24, 2.45) is 5.92 Å². The van der Waals surface area contributed by atoms with Gasteiger partial charge in [-0.05, 0) is 19.3 Å². The number of hydrogen-bond donors (Lipinski definition) is 2. The number of rotatable bonds is 6. The van der Waals surface area contributed by atoms with Gasteiger partial charge in [-0.25, -0.2) is 4.79 Å². The SMILES string of the molecule is COC(=O)[C@@H](CC1CCCCC1)NC(=O)Cn1ccc(=O)c(O)c1C. The van der Waals surface area contributed by atoms with Gasteiger partial charge in [-0.1, -0.05) is 32.1 Å². The molecule has 1 atom stereocenters. The topological polar surface area (TPSA) is 97.6 Å². The Balaban J connectivity index is 2.02. The first-order chi connectivity index (χ1) is 11.9. The minimum atomic E-state index is -0.672. The summed E-state index contributed by atoms with van der Waals surface area (Å²) in [5.41, 5.74) is -0.177. The van der Waals surface area contributed by atoms with Crippen molar-refractivity contribution in [2.45, 2.75) is 58.0 Å². The van der Waals surface area contributed by atoms with Gasteiger partial charge in [0.15, 0.2) is 5.75 Å². The van der Waals surface area contributed by atoms with Crippen molar-refractivity contribution in [3.63, 3.8) is 0 Å². The molecular weight excluding hydrogens is 324 g/mol. The molecule has 0 radical (unpaired) electrons. The van der Waals surface area contributed by atoms with E-state index < -0.39 is 17.4 Å². The Labute approximate surface area is 147 Å². The van der Waals surface area contributed by atoms with Gasteiger partial charge >= 0.3 is 5.97 Å². The Morgan fingerprint density at radius 2 is 2.04 bits per heavy atom. The number of ether oxygens (including phenoxy) is 1. The van der Waals surface area contributed by atoms with Crippen LogP contribution in [0.2, 0.25) is 0 Å². The molecule has 1 amide bonds. The van der Waals surface area contributed by atoms with Crippen LogP contribution in [0.25, 0.3) is 0 Å². The van der Waals surface area contributed by atoms with E-state index in [9.17, 15) is 19.5 Å². The third kappa shape index (κ3) is 5.08. The highest BCUT2D eigenvalue weighted by atomic mass is 16.5. The van der Waals surface area contributed by atoms with Gasteiger partial charge in [-0.15, -0.1) is 0 Å². The van der Waals surface area contributed by atoms with E-state index in [1.54, 1.807) is 6.92 Å². The van der Waals surface area contributed by atoms with Crippen LogP contribution in [-0.2, 0) is 20.9 Å². The maximum absolute atomic E-state index is 12.3. The highest BCUT2D eigenvalue weighted by molar-refractivity contribution is 5.84. The molecule has 7 nitrogen and oxygen atoms in total. The van der Waals surface area contributed by atoms with Gasteiger partial charge in [0.25, 0.3) is 0 Å². The molecule has 1 aromatic heterocycles. The number of aromatic nitrogens is 1. The van der Waals surface area contributed by atoms with Gasteiger partial charge in [-0.3, -0.25) is 9.59 Å². The summed E-state index contributed by atoms with van der Waals surface area (Å²) in [4.78, 5) is 35.7. The van der Waals surface area contributed by atoms with Crippen LogP contribution >= 0.6 is 0 Å². The maximum atomic E-state index is 12.3. The molecule has 2 rings (SSSR count). The molecule has 0 aliphatic heterocycles. The van der Waals surface area contributed by atoms with E-state index >= 15 is 0 Å². The summed E-state index contributed by atoms with van der Waals surface area (Å²) in [7, 11) is 1.31. The van der Waals surface area contributed by atoms with E-state index in [0.29, 0.717) is 18.0 Å². The van der Waals surface area contributed by atoms with Gasteiger partial charge in [0.1, 0.15) is 12.6 Å². The predicted molar refractivity (Wildman–Crippen MR) is 92.2 cm³/mol. The van der Waals surface area contributed by atoms with Crippen LogP contribution in [0.5, 0.6) is 5.75 Å². The molecule has 1 aliphatic carbocycles. The molecule has 2 N–H and O–H groups in total. The van der Waals surface area contributed by atoms with Gasteiger partial charge in [0.2, 0.25) is 11.3 Å². The van der Waals surface area contributed by atoms with Crippen LogP contribution in [0.15, 0.2) is 17.1 Å². The lowest BCUT2D eigenvalue weighted by molar-refractivity contribution is -0.145. The van der Waals surface area contributed by atoms with Crippen molar-refractivity contribution in [2.75, 3.05) is 7.11 Å². The fourth-order valence-electron chi connectivity index (χ4n) is 3.34. The summed E-state index contributed by atoms with van der Waals surface area (Å²) in [5.74, 6) is -0.769. The molecule has 0 saturated heterocycles. The number of aromatic hydroxyl groups is 1. The largest absolute Gasteiger partial charge is 0.503 e. The molecule has 1 saturated carbocycles. The zero-order valence-corrected chi connectivity index (χ0v) is 14.8. The molecule has 0 bridgehead atoms. The molecule has 1 aliphatic rings. The minimum absolute atomic E-state index is 0.0855. The Bertz CT molecular complexity index is 677. The Morgan fingerprint density at radius 1 is 1.36 bits per heavy atom. The molecule has 7 heteroatoms. The van der Waals surface area contributed by atoms with Gasteiger partial charge in [0.05, 0.1) is 12.8 Å². The molecule has 0 unspecified atom stereocenters. The average Bonchev–Trinajstić information content (AvgIpc) is 2.62. The molecule has 25 heavy (non-hydrogen) atoms. The van der Waals surface area contributed by atoms with Crippen LogP contribution in [0.4, 0.5) is 0 Å². The van der Waals surface area contributed by atoms with E-state index in [2.05, 4.69) is 5.32 Å². The van der Waals surface area contributed by atoms with Crippen molar-refractivity contribution < 1.29 is 19.4 Å². The number of nitrogens with one attached hydrogen (secondary N) is 1. The van der Waals surface area contributed by atoms with E-state index in [-0.39, 0.29) is 18.2 Å². The van der Waals surface area contributed by atoms with Crippen LogP contribution < -0.4 is 10.7 Å². The van der Waals surface area contributed by atoms with E-state index in [0.717, 1.165) is 25.7 Å². The van der Waals surface area contributed by atoms with Crippen LogP contribution in [0, 0.1) is 12.8 Å². The lowest BCUT2D eigenvalue weighted by Crippen LogP contribution is -2.44. The summed E-state index contributed by atoms with van der Waals surface area (Å²) in [6, 6.07) is 0.531. The third-order valence-corrected chi connectivity index (χ3v) is 4.84. The average molecular weight is 350 g/mol. The number of carbonyl (C=O) groups is 2. The third-order valence-electron chi connectivity index (χ3n) is 4.84. The second-order valence-corrected chi connectivity index (χ2v) is 6.62. The van der Waals surface area contributed by atoms with Gasteiger partial charge in [-0.2, -0.15) is 0 Å². The first kappa shape index (κ1) is 19.0. The summed E-state index contributed by atoms with van der Waals surface area (Å²) in [5, 5.41) is 12.4. The number of pyridine rings is 1. The number of esters is 1. The summed E-state index contributed by atoms with van der Waals surface area (Å²) < 4.78 is 6.30. The lowest BCUT2D eigenvalue weighted by atomic mass is 9.85. The smallest absolute Gasteiger partial charge is 0.328 e. The number of methoxy groups -OCH3 is 1. The number of nitrogens with zero attached hydrogens (tertiary/aromatic N) is 1. The number of hydrogen-bond acceptors (Lipinski definition) is 5. The van der Waals surface area contributed by atoms with E-state index in [1.807, 2.05) is 0 Å². The second-order valence-electron chi connectivity index (χ2n) is 6.62. The highest BCUT2D eigenvalue weighted by Gasteiger charge is 2.26. The van der Waals surface area contributed by atoms with Gasteiger partial charge in [0, 0.05) is 12.3 Å². The number of carbonyl (C=O) groups excluding carboxylic acids is 2. The van der Waals surface area contributed by atoms with E-state index in [1.165, 1.54) is 30.4 Å². The van der Waals surface area contributed by atoms with Crippen LogP contribution in [0.3, 0.4) is 0 Å². The van der Waals surface area contributed by atoms with Crippen molar-refractivity contribution in [1.29, 1.82) is 0 Å². The highest BCUT2D eigenvalue weighted by Crippen LogP contribution is 2.27. The van der Waals surface area contributed by atoms with Crippen LogP contribution in [-0.4, -0.2) is 34.7 Å². The van der Waals surface area contributed by atoms with Crippen molar-refractivity contribution in [1.82, 2.24) is 9.88 Å². The molecule has 138 valence electrons. The zero-order chi connectivity index (χ0) is 18.4. The molecule has 0 spiro atoms. The maximum Gasteiger partial charge on any atom is 0.328 e. The van der Waals surface area contributed by atoms with Crippen LogP contribution in [0.1, 0.15) is 44.2 Å². The standard InChI is InChI=1S/C18H26N2O5/c1-12-17(23)15(21)8-9-20(12)11-16(22)19-14(18(24)25-2)10-13-6-4-3-5-7-13/h8-9,13-14,23H,3-7,10-11H2,1-2H3,(H,19,22)/t14-/m1/s1. The van der Waals surface area contributed by atoms with Crippen molar-refractivity contribution in [3.8, 4) is 5.75 Å². The molecule has 1 heterocycles. The van der Waals surface area contributed by atoms with Crippen molar-refractivity contribution >= 4 is 11.9 Å². The summed E-state index contributed by atoms with van der Waals surface area (Å²) in [6.07, 6.45) is 7.69. The number of amides is 1. The Morgan fingerprint density at radius 3 is 2.68 bits per heavy atom. The fraction of sp³-hybridized carbons (Fsp3) is 0.611. The first-order valence-electron chi connectivity index (χ1n) is 8.68. The second kappa shape index (κ2) is 8.69. The normalized spacial score (nSPS) is 16.2. The molecule has 1 fully saturated rings. The zero-order valence-electron chi connectivity index (χ0n) is 14.8. The molecule has 1 aromatic rings. The Hall–Kier alpha value is -2.31. The molecule has 0 aromatic carbocycles. The molecular formula is C18H26N2O5. The van der Waals surface area contributed by atoms with E-state index in [4.69, 9.17) is 4.74 Å². The van der Waals surface area contributed by atoms with Gasteiger partial charge < -0.3 is 19.7 Å². The Kier molecular flexibility index (Phi) is 6.61. The minimum Gasteiger partial charge on any atom is -0.503 e.